The minimum atomic E-state index is -3.22. The first-order valence-electron chi connectivity index (χ1n) is 5.70. The van der Waals surface area contributed by atoms with E-state index in [0.717, 1.165) is 0 Å². The summed E-state index contributed by atoms with van der Waals surface area (Å²) in [5.41, 5.74) is 0.511. The third-order valence-electron chi connectivity index (χ3n) is 2.60. The zero-order valence-corrected chi connectivity index (χ0v) is 11.1. The summed E-state index contributed by atoms with van der Waals surface area (Å²) in [4.78, 5) is 11.9. The monoisotopic (exact) mass is 279 g/mol. The molecule has 0 aliphatic carbocycles. The third kappa shape index (κ3) is 3.03. The first-order valence-corrected chi connectivity index (χ1v) is 7.36. The van der Waals surface area contributed by atoms with Gasteiger partial charge in [0.2, 0.25) is 0 Å². The van der Waals surface area contributed by atoms with Crippen molar-refractivity contribution >= 4 is 21.4 Å². The lowest BCUT2D eigenvalue weighted by Gasteiger charge is -2.05. The SMILES string of the molecule is CCS(=O)(=O)c1ccc(NC(=O)c2ccco2)cc1. The highest BCUT2D eigenvalue weighted by Crippen LogP contribution is 2.16. The highest BCUT2D eigenvalue weighted by molar-refractivity contribution is 7.91. The molecule has 0 saturated heterocycles. The minimum absolute atomic E-state index is 0.0467. The summed E-state index contributed by atoms with van der Waals surface area (Å²) < 4.78 is 28.2. The quantitative estimate of drug-likeness (QED) is 0.931. The topological polar surface area (TPSA) is 76.4 Å². The number of hydrogen-bond donors (Lipinski definition) is 1. The van der Waals surface area contributed by atoms with Gasteiger partial charge in [-0.1, -0.05) is 6.92 Å². The van der Waals surface area contributed by atoms with E-state index in [2.05, 4.69) is 5.32 Å². The maximum atomic E-state index is 11.7. The van der Waals surface area contributed by atoms with Gasteiger partial charge < -0.3 is 9.73 Å². The lowest BCUT2D eigenvalue weighted by atomic mass is 10.3. The fourth-order valence-corrected chi connectivity index (χ4v) is 2.40. The molecular weight excluding hydrogens is 266 g/mol. The van der Waals surface area contributed by atoms with Gasteiger partial charge in [-0.3, -0.25) is 4.79 Å². The average Bonchev–Trinajstić information content (AvgIpc) is 2.93. The van der Waals surface area contributed by atoms with Crippen LogP contribution < -0.4 is 5.32 Å². The average molecular weight is 279 g/mol. The van der Waals surface area contributed by atoms with Gasteiger partial charge in [-0.25, -0.2) is 8.42 Å². The number of furan rings is 1. The van der Waals surface area contributed by atoms with Crippen LogP contribution in [-0.2, 0) is 9.84 Å². The number of amides is 1. The van der Waals surface area contributed by atoms with Crippen LogP contribution >= 0.6 is 0 Å². The van der Waals surface area contributed by atoms with Gasteiger partial charge >= 0.3 is 0 Å². The van der Waals surface area contributed by atoms with Crippen molar-refractivity contribution in [2.75, 3.05) is 11.1 Å². The van der Waals surface area contributed by atoms with E-state index < -0.39 is 9.84 Å². The first-order chi connectivity index (χ1) is 9.03. The second kappa shape index (κ2) is 5.27. The number of nitrogens with one attached hydrogen (secondary N) is 1. The van der Waals surface area contributed by atoms with Crippen LogP contribution in [0.4, 0.5) is 5.69 Å². The molecule has 0 unspecified atom stereocenters. The fourth-order valence-electron chi connectivity index (χ4n) is 1.51. The van der Waals surface area contributed by atoms with Crippen LogP contribution in [0, 0.1) is 0 Å². The van der Waals surface area contributed by atoms with Crippen molar-refractivity contribution in [3.63, 3.8) is 0 Å². The van der Waals surface area contributed by atoms with E-state index in [4.69, 9.17) is 4.42 Å². The van der Waals surface area contributed by atoms with Crippen molar-refractivity contribution < 1.29 is 17.6 Å². The van der Waals surface area contributed by atoms with E-state index in [1.54, 1.807) is 31.2 Å². The standard InChI is InChI=1S/C13H13NO4S/c1-2-19(16,17)11-7-5-10(6-8-11)14-13(15)12-4-3-9-18-12/h3-9H,2H2,1H3,(H,14,15). The van der Waals surface area contributed by atoms with Crippen molar-refractivity contribution in [2.24, 2.45) is 0 Å². The summed E-state index contributed by atoms with van der Waals surface area (Å²) in [7, 11) is -3.22. The van der Waals surface area contributed by atoms with Crippen LogP contribution in [-0.4, -0.2) is 20.1 Å². The summed E-state index contributed by atoms with van der Waals surface area (Å²) in [6.07, 6.45) is 1.41. The number of rotatable bonds is 4. The van der Waals surface area contributed by atoms with Gasteiger partial charge in [0.05, 0.1) is 16.9 Å². The number of anilines is 1. The van der Waals surface area contributed by atoms with Crippen LogP contribution in [0.3, 0.4) is 0 Å². The first kappa shape index (κ1) is 13.4. The molecule has 0 aliphatic rings. The predicted molar refractivity (Wildman–Crippen MR) is 70.8 cm³/mol. The molecule has 1 heterocycles. The normalized spacial score (nSPS) is 11.2. The Morgan fingerprint density at radius 2 is 1.89 bits per heavy atom. The molecule has 0 saturated carbocycles. The number of carbonyl (C=O) groups excluding carboxylic acids is 1. The van der Waals surface area contributed by atoms with Crippen LogP contribution in [0.15, 0.2) is 52.0 Å². The number of hydrogen-bond acceptors (Lipinski definition) is 4. The molecular formula is C13H13NO4S. The van der Waals surface area contributed by atoms with Crippen molar-refractivity contribution in [3.8, 4) is 0 Å². The largest absolute Gasteiger partial charge is 0.459 e. The lowest BCUT2D eigenvalue weighted by molar-refractivity contribution is 0.0996. The van der Waals surface area contributed by atoms with Crippen LogP contribution in [0.2, 0.25) is 0 Å². The lowest BCUT2D eigenvalue weighted by Crippen LogP contribution is -2.11. The van der Waals surface area contributed by atoms with Gasteiger partial charge in [-0.2, -0.15) is 0 Å². The smallest absolute Gasteiger partial charge is 0.291 e. The molecule has 19 heavy (non-hydrogen) atoms. The Hall–Kier alpha value is -2.08. The number of benzene rings is 1. The van der Waals surface area contributed by atoms with E-state index in [1.807, 2.05) is 0 Å². The third-order valence-corrected chi connectivity index (χ3v) is 4.35. The Bertz CT molecular complexity index is 657. The Balaban J connectivity index is 2.14. The molecule has 2 rings (SSSR count). The molecule has 1 amide bonds. The second-order valence-electron chi connectivity index (χ2n) is 3.86. The van der Waals surface area contributed by atoms with E-state index in [-0.39, 0.29) is 22.3 Å². The molecule has 0 radical (unpaired) electrons. The highest BCUT2D eigenvalue weighted by Gasteiger charge is 2.12. The Morgan fingerprint density at radius 3 is 2.42 bits per heavy atom. The van der Waals surface area contributed by atoms with E-state index >= 15 is 0 Å². The van der Waals surface area contributed by atoms with Crippen LogP contribution in [0.25, 0.3) is 0 Å². The van der Waals surface area contributed by atoms with E-state index in [0.29, 0.717) is 5.69 Å². The molecule has 100 valence electrons. The summed E-state index contributed by atoms with van der Waals surface area (Å²) >= 11 is 0. The summed E-state index contributed by atoms with van der Waals surface area (Å²) in [5.74, 6) is -0.133. The molecule has 0 aliphatic heterocycles. The van der Waals surface area contributed by atoms with Gasteiger partial charge in [-0.05, 0) is 36.4 Å². The Labute approximate surface area is 111 Å². The minimum Gasteiger partial charge on any atom is -0.459 e. The van der Waals surface area contributed by atoms with Gasteiger partial charge in [-0.15, -0.1) is 0 Å². The van der Waals surface area contributed by atoms with Crippen molar-refractivity contribution in [3.05, 3.63) is 48.4 Å². The van der Waals surface area contributed by atoms with Crippen molar-refractivity contribution in [2.45, 2.75) is 11.8 Å². The van der Waals surface area contributed by atoms with E-state index in [1.165, 1.54) is 18.4 Å². The summed E-state index contributed by atoms with van der Waals surface area (Å²) in [6, 6.07) is 9.19. The second-order valence-corrected chi connectivity index (χ2v) is 6.14. The molecule has 1 aromatic carbocycles. The molecule has 2 aromatic rings. The predicted octanol–water partition coefficient (Wildman–Crippen LogP) is 2.33. The fraction of sp³-hybridized carbons (Fsp3) is 0.154. The Morgan fingerprint density at radius 1 is 1.21 bits per heavy atom. The van der Waals surface area contributed by atoms with Gasteiger partial charge in [0.15, 0.2) is 15.6 Å². The maximum Gasteiger partial charge on any atom is 0.291 e. The molecule has 0 spiro atoms. The van der Waals surface area contributed by atoms with Gasteiger partial charge in [0.25, 0.3) is 5.91 Å². The number of carbonyl (C=O) groups is 1. The molecule has 0 atom stereocenters. The molecule has 5 nitrogen and oxygen atoms in total. The van der Waals surface area contributed by atoms with Crippen LogP contribution in [0.5, 0.6) is 0 Å². The molecule has 0 bridgehead atoms. The molecule has 1 aromatic heterocycles. The van der Waals surface area contributed by atoms with Crippen molar-refractivity contribution in [1.82, 2.24) is 0 Å². The summed E-state index contributed by atoms with van der Waals surface area (Å²) in [5, 5.41) is 2.61. The van der Waals surface area contributed by atoms with Crippen molar-refractivity contribution in [1.29, 1.82) is 0 Å². The highest BCUT2D eigenvalue weighted by atomic mass is 32.2. The van der Waals surface area contributed by atoms with Gasteiger partial charge in [0.1, 0.15) is 0 Å². The summed E-state index contributed by atoms with van der Waals surface area (Å²) in [6.45, 7) is 1.59. The molecule has 0 fully saturated rings. The van der Waals surface area contributed by atoms with Crippen LogP contribution in [0.1, 0.15) is 17.5 Å². The van der Waals surface area contributed by atoms with E-state index in [9.17, 15) is 13.2 Å². The zero-order valence-electron chi connectivity index (χ0n) is 10.3. The zero-order chi connectivity index (χ0) is 13.9. The van der Waals surface area contributed by atoms with Gasteiger partial charge in [0, 0.05) is 5.69 Å². The Kier molecular flexibility index (Phi) is 3.71. The molecule has 6 heteroatoms. The molecule has 1 N–H and O–H groups in total. The maximum absolute atomic E-state index is 11.7. The number of sulfone groups is 1.